The van der Waals surface area contributed by atoms with Crippen LogP contribution in [0.3, 0.4) is 0 Å². The van der Waals surface area contributed by atoms with Crippen molar-refractivity contribution in [3.05, 3.63) is 46.2 Å². The quantitative estimate of drug-likeness (QED) is 0.203. The van der Waals surface area contributed by atoms with E-state index in [4.69, 9.17) is 5.73 Å². The summed E-state index contributed by atoms with van der Waals surface area (Å²) < 4.78 is 0. The summed E-state index contributed by atoms with van der Waals surface area (Å²) in [6, 6.07) is 2.50. The van der Waals surface area contributed by atoms with E-state index >= 15 is 0 Å². The Balaban J connectivity index is 0.00000216. The zero-order valence-corrected chi connectivity index (χ0v) is 19.0. The number of rotatable bonds is 2. The van der Waals surface area contributed by atoms with Crippen LogP contribution >= 0.6 is 0 Å². The van der Waals surface area contributed by atoms with E-state index in [1.54, 1.807) is 0 Å². The molecule has 6 atom stereocenters. The molecule has 1 amide bonds. The highest BCUT2D eigenvalue weighted by Crippen LogP contribution is 2.57. The third kappa shape index (κ3) is 3.21. The molecule has 1 saturated carbocycles. The Hall–Kier alpha value is -3.33. The molecular formula is C22H28N2O11. The lowest BCUT2D eigenvalue weighted by molar-refractivity contribution is -0.181. The number of hydrogen-bond donors (Lipinski definition) is 7. The molecule has 1 aromatic rings. The van der Waals surface area contributed by atoms with Crippen LogP contribution in [0, 0.1) is 11.8 Å². The molecule has 192 valence electrons. The smallest absolute Gasteiger partial charge is 0.255 e. The van der Waals surface area contributed by atoms with E-state index in [9.17, 15) is 45.0 Å². The van der Waals surface area contributed by atoms with Gasteiger partial charge in [-0.05, 0) is 32.6 Å². The fourth-order valence-corrected chi connectivity index (χ4v) is 5.60. The van der Waals surface area contributed by atoms with Crippen LogP contribution in [0.25, 0.3) is 5.76 Å². The molecular weight excluding hydrogens is 468 g/mol. The van der Waals surface area contributed by atoms with Gasteiger partial charge in [-0.1, -0.05) is 12.1 Å². The number of aliphatic hydroxyl groups is 5. The Morgan fingerprint density at radius 1 is 1.09 bits per heavy atom. The average molecular weight is 496 g/mol. The number of aliphatic hydroxyl groups excluding tert-OH is 3. The molecule has 0 aliphatic heterocycles. The number of benzene rings is 1. The second-order valence-corrected chi connectivity index (χ2v) is 9.06. The minimum Gasteiger partial charge on any atom is -0.508 e. The number of carbonyl (C=O) groups excluding carboxylic acids is 3. The summed E-state index contributed by atoms with van der Waals surface area (Å²) in [4.78, 5) is 39.9. The minimum atomic E-state index is -3.02. The SMILES string of the molecule is CN(C)[C@@H]1C(=O)C(C(N)=O)=C(O)[C@@]2(O)C(=O)C3=C(O)c4c(O)cccc4[C@@](C)(O)[C@H]3[C@H](O)[C@@H]12.O.O. The first-order valence-corrected chi connectivity index (χ1v) is 10.1. The zero-order valence-electron chi connectivity index (χ0n) is 19.0. The Bertz CT molecular complexity index is 1190. The van der Waals surface area contributed by atoms with Gasteiger partial charge in [0.15, 0.2) is 11.4 Å². The zero-order chi connectivity index (χ0) is 24.8. The molecule has 3 aliphatic rings. The normalized spacial score (nSPS) is 33.9. The van der Waals surface area contributed by atoms with Crippen molar-refractivity contribution >= 4 is 23.2 Å². The lowest BCUT2D eigenvalue weighted by Crippen LogP contribution is -2.71. The van der Waals surface area contributed by atoms with Gasteiger partial charge in [0, 0.05) is 0 Å². The number of hydrogen-bond acceptors (Lipinski definition) is 10. The van der Waals surface area contributed by atoms with Crippen molar-refractivity contribution in [2.24, 2.45) is 17.6 Å². The number of ketones is 2. The molecule has 0 radical (unpaired) electrons. The second-order valence-electron chi connectivity index (χ2n) is 9.06. The average Bonchev–Trinajstić information content (AvgIpc) is 2.70. The first-order chi connectivity index (χ1) is 15.2. The van der Waals surface area contributed by atoms with Crippen LogP contribution in [-0.2, 0) is 20.0 Å². The highest BCUT2D eigenvalue weighted by atomic mass is 16.4. The number of amides is 1. The van der Waals surface area contributed by atoms with Gasteiger partial charge < -0.3 is 47.3 Å². The van der Waals surface area contributed by atoms with E-state index in [1.165, 1.54) is 44.1 Å². The Labute approximate surface area is 198 Å². The molecule has 1 fully saturated rings. The Morgan fingerprint density at radius 3 is 2.17 bits per heavy atom. The van der Waals surface area contributed by atoms with E-state index in [0.29, 0.717) is 0 Å². The number of aromatic hydroxyl groups is 1. The third-order valence-electron chi connectivity index (χ3n) is 7.03. The molecule has 13 heteroatoms. The predicted octanol–water partition coefficient (Wildman–Crippen LogP) is -3.05. The lowest BCUT2D eigenvalue weighted by atomic mass is 9.53. The van der Waals surface area contributed by atoms with Crippen LogP contribution in [0.5, 0.6) is 5.75 Å². The number of phenols is 1. The van der Waals surface area contributed by atoms with Crippen LogP contribution in [-0.4, -0.2) is 95.8 Å². The van der Waals surface area contributed by atoms with Gasteiger partial charge >= 0.3 is 0 Å². The highest BCUT2D eigenvalue weighted by Gasteiger charge is 2.70. The van der Waals surface area contributed by atoms with Gasteiger partial charge in [-0.2, -0.15) is 0 Å². The Kier molecular flexibility index (Phi) is 6.70. The van der Waals surface area contributed by atoms with E-state index < -0.39 is 81.1 Å². The number of likely N-dealkylation sites (N-methyl/N-ethyl adjacent to an activating group) is 1. The second kappa shape index (κ2) is 8.41. The number of nitrogens with two attached hydrogens (primary N) is 1. The molecule has 13 nitrogen and oxygen atoms in total. The molecule has 4 rings (SSSR count). The summed E-state index contributed by atoms with van der Waals surface area (Å²) in [6.45, 7) is 1.25. The van der Waals surface area contributed by atoms with Gasteiger partial charge in [-0.25, -0.2) is 0 Å². The molecule has 12 N–H and O–H groups in total. The van der Waals surface area contributed by atoms with Gasteiger partial charge in [-0.3, -0.25) is 19.3 Å². The van der Waals surface area contributed by atoms with Crippen LogP contribution in [0.15, 0.2) is 35.1 Å². The topological polar surface area (TPSA) is 265 Å². The van der Waals surface area contributed by atoms with Crippen LogP contribution in [0.1, 0.15) is 18.1 Å². The van der Waals surface area contributed by atoms with E-state index in [1.807, 2.05) is 0 Å². The van der Waals surface area contributed by atoms with Crippen LogP contribution in [0.2, 0.25) is 0 Å². The van der Waals surface area contributed by atoms with Crippen LogP contribution < -0.4 is 5.73 Å². The summed E-state index contributed by atoms with van der Waals surface area (Å²) in [5.41, 5.74) is -1.78. The maximum atomic E-state index is 13.7. The number of nitrogens with zero attached hydrogens (tertiary/aromatic N) is 1. The monoisotopic (exact) mass is 496 g/mol. The van der Waals surface area contributed by atoms with Crippen molar-refractivity contribution in [3.8, 4) is 5.75 Å². The molecule has 0 bridgehead atoms. The highest BCUT2D eigenvalue weighted by molar-refractivity contribution is 6.24. The Morgan fingerprint density at radius 2 is 1.66 bits per heavy atom. The summed E-state index contributed by atoms with van der Waals surface area (Å²) in [5, 5.41) is 66.3. The van der Waals surface area contributed by atoms with Gasteiger partial charge in [-0.15, -0.1) is 0 Å². The number of fused-ring (bicyclic) bond motifs is 3. The number of Topliss-reactive ketones (excluding diaryl/α,β-unsaturated/α-hetero) is 2. The number of phenolic OH excluding ortho intramolecular Hbond substituents is 1. The standard InChI is InChI=1S/C22H24N2O9.2H2O/c1-21(32)7-5-4-6-8(25)9(7)15(26)10-12(21)17(28)13-14(24(2)3)16(27)11(20(23)31)19(30)22(13,33)18(10)29;;/h4-6,12-14,17,25-26,28,30,32-33H,1-3H3,(H2,23,31);2*1H2/t12-,13-,14+,17+,21-,22+;;/m1../s1. The van der Waals surface area contributed by atoms with Crippen molar-refractivity contribution in [3.63, 3.8) is 0 Å². The molecule has 0 unspecified atom stereocenters. The first kappa shape index (κ1) is 27.9. The summed E-state index contributed by atoms with van der Waals surface area (Å²) in [7, 11) is 2.80. The van der Waals surface area contributed by atoms with Gasteiger partial charge in [0.05, 0.1) is 40.7 Å². The fourth-order valence-electron chi connectivity index (χ4n) is 5.60. The molecule has 3 aliphatic carbocycles. The summed E-state index contributed by atoms with van der Waals surface area (Å²) in [5.74, 6) is -9.67. The predicted molar refractivity (Wildman–Crippen MR) is 119 cm³/mol. The maximum absolute atomic E-state index is 13.7. The molecule has 0 aromatic heterocycles. The van der Waals surface area contributed by atoms with Crippen molar-refractivity contribution in [2.45, 2.75) is 30.3 Å². The van der Waals surface area contributed by atoms with Crippen molar-refractivity contribution in [1.29, 1.82) is 0 Å². The van der Waals surface area contributed by atoms with E-state index in [-0.39, 0.29) is 22.1 Å². The number of primary amides is 1. The largest absolute Gasteiger partial charge is 0.508 e. The van der Waals surface area contributed by atoms with Gasteiger partial charge in [0.2, 0.25) is 5.78 Å². The van der Waals surface area contributed by atoms with Gasteiger partial charge in [0.25, 0.3) is 5.91 Å². The third-order valence-corrected chi connectivity index (χ3v) is 7.03. The first-order valence-electron chi connectivity index (χ1n) is 10.1. The number of carbonyl (C=O) groups is 3. The summed E-state index contributed by atoms with van der Waals surface area (Å²) in [6.07, 6.45) is -1.87. The molecule has 35 heavy (non-hydrogen) atoms. The maximum Gasteiger partial charge on any atom is 0.255 e. The lowest BCUT2D eigenvalue weighted by Gasteiger charge is -2.55. The molecule has 1 aromatic carbocycles. The van der Waals surface area contributed by atoms with Gasteiger partial charge in [0.1, 0.15) is 22.8 Å². The summed E-state index contributed by atoms with van der Waals surface area (Å²) >= 11 is 0. The van der Waals surface area contributed by atoms with E-state index in [0.717, 1.165) is 0 Å². The van der Waals surface area contributed by atoms with Crippen molar-refractivity contribution in [1.82, 2.24) is 4.90 Å². The van der Waals surface area contributed by atoms with Crippen LogP contribution in [0.4, 0.5) is 0 Å². The van der Waals surface area contributed by atoms with Crippen molar-refractivity contribution < 1.29 is 56.0 Å². The fraction of sp³-hybridized carbons (Fsp3) is 0.409. The molecule has 0 saturated heterocycles. The molecule has 0 heterocycles. The van der Waals surface area contributed by atoms with Crippen molar-refractivity contribution in [2.75, 3.05) is 14.1 Å². The minimum absolute atomic E-state index is 0. The van der Waals surface area contributed by atoms with E-state index in [2.05, 4.69) is 0 Å². The molecule has 0 spiro atoms.